The minimum atomic E-state index is -3.97. The van der Waals surface area contributed by atoms with Crippen LogP contribution < -0.4 is 4.18 Å². The molecule has 0 bridgehead atoms. The third-order valence-corrected chi connectivity index (χ3v) is 6.07. The quantitative estimate of drug-likeness (QED) is 0.850. The van der Waals surface area contributed by atoms with E-state index >= 15 is 0 Å². The topological polar surface area (TPSA) is 79.5 Å². The molecule has 0 spiro atoms. The highest BCUT2D eigenvalue weighted by Crippen LogP contribution is 2.28. The minimum Gasteiger partial charge on any atom is -0.379 e. The molecule has 0 saturated carbocycles. The van der Waals surface area contributed by atoms with Crippen molar-refractivity contribution in [3.63, 3.8) is 0 Å². The van der Waals surface area contributed by atoms with Gasteiger partial charge < -0.3 is 14.1 Å². The number of carbonyl (C=O) groups excluding carboxylic acids is 1. The van der Waals surface area contributed by atoms with E-state index in [0.717, 1.165) is 37.7 Å². The molecule has 1 aliphatic carbocycles. The SMILES string of the molecule is O=C(c1cc(S(=O)(=O)Oc2ccc3c(c2)CCC3)c[nH]1)N1CCCC1. The number of H-pyrrole nitrogens is 1. The van der Waals surface area contributed by atoms with Gasteiger partial charge in [-0.05, 0) is 61.4 Å². The van der Waals surface area contributed by atoms with Crippen LogP contribution in [0.25, 0.3) is 0 Å². The Morgan fingerprint density at radius 1 is 1.04 bits per heavy atom. The first-order valence-electron chi connectivity index (χ1n) is 8.57. The first kappa shape index (κ1) is 16.2. The lowest BCUT2D eigenvalue weighted by Crippen LogP contribution is -2.27. The van der Waals surface area contributed by atoms with Crippen molar-refractivity contribution in [1.29, 1.82) is 0 Å². The van der Waals surface area contributed by atoms with Gasteiger partial charge in [0.1, 0.15) is 16.3 Å². The van der Waals surface area contributed by atoms with E-state index in [1.807, 2.05) is 6.07 Å². The highest BCUT2D eigenvalue weighted by atomic mass is 32.2. The summed E-state index contributed by atoms with van der Waals surface area (Å²) in [6, 6.07) is 6.75. The van der Waals surface area contributed by atoms with Gasteiger partial charge in [-0.3, -0.25) is 4.79 Å². The fraction of sp³-hybridized carbons (Fsp3) is 0.389. The molecule has 132 valence electrons. The average Bonchev–Trinajstić information content (AvgIpc) is 3.33. The number of nitrogens with one attached hydrogen (secondary N) is 1. The van der Waals surface area contributed by atoms with E-state index in [9.17, 15) is 13.2 Å². The number of hydrogen-bond donors (Lipinski definition) is 1. The van der Waals surface area contributed by atoms with Crippen molar-refractivity contribution in [3.8, 4) is 5.75 Å². The van der Waals surface area contributed by atoms with Crippen molar-refractivity contribution >= 4 is 16.0 Å². The Bertz CT molecular complexity index is 911. The average molecular weight is 360 g/mol. The van der Waals surface area contributed by atoms with E-state index in [4.69, 9.17) is 4.18 Å². The van der Waals surface area contributed by atoms with Crippen molar-refractivity contribution in [3.05, 3.63) is 47.3 Å². The number of fused-ring (bicyclic) bond motifs is 1. The third-order valence-electron chi connectivity index (χ3n) is 4.84. The number of aryl methyl sites for hydroxylation is 2. The second-order valence-electron chi connectivity index (χ2n) is 6.57. The fourth-order valence-corrected chi connectivity index (χ4v) is 4.43. The molecule has 25 heavy (non-hydrogen) atoms. The monoisotopic (exact) mass is 360 g/mol. The molecule has 1 amide bonds. The predicted octanol–water partition coefficient (Wildman–Crippen LogP) is 2.51. The van der Waals surface area contributed by atoms with Crippen molar-refractivity contribution in [2.45, 2.75) is 37.0 Å². The molecule has 0 atom stereocenters. The van der Waals surface area contributed by atoms with Crippen molar-refractivity contribution < 1.29 is 17.4 Å². The summed E-state index contributed by atoms with van der Waals surface area (Å²) in [7, 11) is -3.97. The molecule has 4 rings (SSSR count). The molecule has 2 aliphatic rings. The maximum Gasteiger partial charge on any atom is 0.340 e. The second-order valence-corrected chi connectivity index (χ2v) is 8.12. The molecule has 1 aromatic carbocycles. The van der Waals surface area contributed by atoms with Gasteiger partial charge in [-0.1, -0.05) is 6.07 Å². The smallest absolute Gasteiger partial charge is 0.340 e. The summed E-state index contributed by atoms with van der Waals surface area (Å²) in [5.74, 6) is 0.144. The number of rotatable bonds is 4. The standard InChI is InChI=1S/C18H20N2O4S/c21-18(20-8-1-2-9-20)17-11-16(12-19-17)25(22,23)24-15-7-6-13-4-3-5-14(13)10-15/h6-7,10-12,19H,1-5,8-9H2. The molecular formula is C18H20N2O4S. The molecule has 7 heteroatoms. The molecule has 1 aliphatic heterocycles. The largest absolute Gasteiger partial charge is 0.379 e. The zero-order valence-electron chi connectivity index (χ0n) is 13.8. The number of carbonyl (C=O) groups is 1. The normalized spacial score (nSPS) is 16.9. The van der Waals surface area contributed by atoms with Crippen LogP contribution in [0.15, 0.2) is 35.4 Å². The summed E-state index contributed by atoms with van der Waals surface area (Å²) < 4.78 is 30.2. The van der Waals surface area contributed by atoms with Crippen molar-refractivity contribution in [2.75, 3.05) is 13.1 Å². The summed E-state index contributed by atoms with van der Waals surface area (Å²) in [6.07, 6.45) is 6.35. The Morgan fingerprint density at radius 3 is 2.60 bits per heavy atom. The number of aromatic amines is 1. The predicted molar refractivity (Wildman–Crippen MR) is 92.2 cm³/mol. The van der Waals surface area contributed by atoms with Crippen molar-refractivity contribution in [2.24, 2.45) is 0 Å². The first-order chi connectivity index (χ1) is 12.0. The summed E-state index contributed by atoms with van der Waals surface area (Å²) in [6.45, 7) is 1.43. The van der Waals surface area contributed by atoms with E-state index in [1.54, 1.807) is 17.0 Å². The van der Waals surface area contributed by atoms with Crippen LogP contribution in [-0.4, -0.2) is 37.3 Å². The maximum absolute atomic E-state index is 12.5. The lowest BCUT2D eigenvalue weighted by atomic mass is 10.1. The summed E-state index contributed by atoms with van der Waals surface area (Å²) in [5, 5.41) is 0. The second kappa shape index (κ2) is 6.22. The Morgan fingerprint density at radius 2 is 1.80 bits per heavy atom. The van der Waals surface area contributed by atoms with E-state index in [0.29, 0.717) is 18.8 Å². The Balaban J connectivity index is 1.53. The number of benzene rings is 1. The summed E-state index contributed by atoms with van der Waals surface area (Å²) in [4.78, 5) is 16.8. The number of amides is 1. The Hall–Kier alpha value is -2.28. The highest BCUT2D eigenvalue weighted by molar-refractivity contribution is 7.87. The number of aromatic nitrogens is 1. The van der Waals surface area contributed by atoms with Crippen molar-refractivity contribution in [1.82, 2.24) is 9.88 Å². The van der Waals surface area contributed by atoms with Crippen LogP contribution in [0.1, 0.15) is 40.9 Å². The zero-order chi connectivity index (χ0) is 17.4. The van der Waals surface area contributed by atoms with Crippen LogP contribution in [0.5, 0.6) is 5.75 Å². The van der Waals surface area contributed by atoms with E-state index in [2.05, 4.69) is 4.98 Å². The van der Waals surface area contributed by atoms with Crippen LogP contribution in [0.4, 0.5) is 0 Å². The highest BCUT2D eigenvalue weighted by Gasteiger charge is 2.25. The lowest BCUT2D eigenvalue weighted by Gasteiger charge is -2.13. The number of nitrogens with zero attached hydrogens (tertiary/aromatic N) is 1. The molecule has 6 nitrogen and oxygen atoms in total. The van der Waals surface area contributed by atoms with Crippen LogP contribution in [0, 0.1) is 0 Å². The van der Waals surface area contributed by atoms with Crippen LogP contribution >= 0.6 is 0 Å². The number of likely N-dealkylation sites (tertiary alicyclic amines) is 1. The molecule has 1 saturated heterocycles. The van der Waals surface area contributed by atoms with E-state index < -0.39 is 10.1 Å². The van der Waals surface area contributed by atoms with Gasteiger partial charge >= 0.3 is 10.1 Å². The fourth-order valence-electron chi connectivity index (χ4n) is 3.51. The van der Waals surface area contributed by atoms with Gasteiger partial charge in [0.15, 0.2) is 0 Å². The molecule has 2 heterocycles. The molecule has 1 fully saturated rings. The van der Waals surface area contributed by atoms with E-state index in [1.165, 1.54) is 17.8 Å². The van der Waals surface area contributed by atoms with Gasteiger partial charge in [-0.15, -0.1) is 0 Å². The van der Waals surface area contributed by atoms with Crippen LogP contribution in [0.3, 0.4) is 0 Å². The molecular weight excluding hydrogens is 340 g/mol. The van der Waals surface area contributed by atoms with Gasteiger partial charge in [0, 0.05) is 19.3 Å². The van der Waals surface area contributed by atoms with Gasteiger partial charge in [0.05, 0.1) is 0 Å². The molecule has 1 N–H and O–H groups in total. The van der Waals surface area contributed by atoms with Gasteiger partial charge in [-0.25, -0.2) is 0 Å². The Kier molecular flexibility index (Phi) is 4.03. The minimum absolute atomic E-state index is 0.0319. The molecule has 0 unspecified atom stereocenters. The van der Waals surface area contributed by atoms with Crippen LogP contribution in [-0.2, 0) is 23.0 Å². The molecule has 2 aromatic rings. The molecule has 1 aromatic heterocycles. The third kappa shape index (κ3) is 3.16. The number of hydrogen-bond acceptors (Lipinski definition) is 4. The zero-order valence-corrected chi connectivity index (χ0v) is 14.6. The molecule has 0 radical (unpaired) electrons. The summed E-state index contributed by atoms with van der Waals surface area (Å²) >= 11 is 0. The maximum atomic E-state index is 12.5. The van der Waals surface area contributed by atoms with Gasteiger partial charge in [0.25, 0.3) is 5.91 Å². The lowest BCUT2D eigenvalue weighted by molar-refractivity contribution is 0.0787. The van der Waals surface area contributed by atoms with E-state index in [-0.39, 0.29) is 16.5 Å². The summed E-state index contributed by atoms with van der Waals surface area (Å²) in [5.41, 5.74) is 2.68. The van der Waals surface area contributed by atoms with Gasteiger partial charge in [-0.2, -0.15) is 8.42 Å². The van der Waals surface area contributed by atoms with Gasteiger partial charge in [0.2, 0.25) is 0 Å². The van der Waals surface area contributed by atoms with Crippen LogP contribution in [0.2, 0.25) is 0 Å². The first-order valence-corrected chi connectivity index (χ1v) is 9.98. The Labute approximate surface area is 146 Å².